The second kappa shape index (κ2) is 12.5. The summed E-state index contributed by atoms with van der Waals surface area (Å²) in [4.78, 5) is 68.5. The number of carbonyl (C=O) groups is 3. The van der Waals surface area contributed by atoms with Crippen molar-refractivity contribution in [3.05, 3.63) is 103 Å². The summed E-state index contributed by atoms with van der Waals surface area (Å²) in [5.74, 6) is -2.81. The number of imide groups is 1. The molecular weight excluding hydrogens is 726 g/mol. The van der Waals surface area contributed by atoms with Gasteiger partial charge in [0.25, 0.3) is 11.6 Å². The van der Waals surface area contributed by atoms with Gasteiger partial charge >= 0.3 is 11.0 Å². The van der Waals surface area contributed by atoms with Gasteiger partial charge in [-0.05, 0) is 72.2 Å². The molecule has 2 bridgehead atoms. The molecule has 268 valence electrons. The van der Waals surface area contributed by atoms with Crippen molar-refractivity contribution in [3.63, 3.8) is 0 Å². The molecule has 1 saturated heterocycles. The van der Waals surface area contributed by atoms with Crippen molar-refractivity contribution < 1.29 is 42.0 Å². The number of benzene rings is 3. The maximum absolute atomic E-state index is 14.0. The van der Waals surface area contributed by atoms with Crippen LogP contribution in [0.25, 0.3) is 0 Å². The van der Waals surface area contributed by atoms with Crippen molar-refractivity contribution >= 4 is 57.9 Å². The molecule has 52 heavy (non-hydrogen) atoms. The van der Waals surface area contributed by atoms with E-state index in [2.05, 4.69) is 10.3 Å². The highest BCUT2D eigenvalue weighted by atomic mass is 32.2. The van der Waals surface area contributed by atoms with Gasteiger partial charge in [0.2, 0.25) is 11.8 Å². The highest BCUT2D eigenvalue weighted by Gasteiger charge is 2.69. The Morgan fingerprint density at radius 3 is 2.44 bits per heavy atom. The highest BCUT2D eigenvalue weighted by Crippen LogP contribution is 2.69. The molecule has 2 aliphatic carbocycles. The number of hydrogen-bond acceptors (Lipinski definition) is 10. The summed E-state index contributed by atoms with van der Waals surface area (Å²) < 4.78 is 50.7. The highest BCUT2D eigenvalue weighted by molar-refractivity contribution is 8.00. The van der Waals surface area contributed by atoms with E-state index in [0.29, 0.717) is 11.4 Å². The molecule has 12 nitrogen and oxygen atoms in total. The van der Waals surface area contributed by atoms with Crippen LogP contribution in [0, 0.1) is 39.7 Å². The van der Waals surface area contributed by atoms with Gasteiger partial charge in [0.05, 0.1) is 40.1 Å². The topological polar surface area (TPSA) is 161 Å². The number of anilines is 2. The summed E-state index contributed by atoms with van der Waals surface area (Å²) in [6, 6.07) is 14.8. The first-order chi connectivity index (χ1) is 24.8. The van der Waals surface area contributed by atoms with Crippen molar-refractivity contribution in [3.8, 4) is 11.5 Å². The number of hydrogen-bond donors (Lipinski definition) is 2. The van der Waals surface area contributed by atoms with Crippen LogP contribution in [0.1, 0.15) is 28.3 Å². The van der Waals surface area contributed by atoms with Crippen LogP contribution in [-0.2, 0) is 20.6 Å². The molecule has 3 aromatic carbocycles. The number of aromatic nitrogens is 1. The summed E-state index contributed by atoms with van der Waals surface area (Å²) in [6.45, 7) is -0.519. The van der Waals surface area contributed by atoms with E-state index in [9.17, 15) is 42.5 Å². The standard InChI is InChI=1S/C35H27F3N4O8S2/c1-49-23-11-15(5-10-22(23)50-14-24(43)39-17-4-2-3-16(12-17)35(36,37)38)25-26-20-13-21(29(26)51-31-30(25)52-34(46)40-31)28-27(20)32(44)41(33(28)45)18-6-8-19(9-7-18)42(47)48/h2-12,20-21,25-29H,13-14H2,1H3,(H,39,43)(H,40,46)/t20?,21?,25-,26?,27?,28?,29?/m1/s1. The molecule has 1 aromatic heterocycles. The number of fused-ring (bicyclic) bond motifs is 9. The maximum Gasteiger partial charge on any atom is 0.416 e. The summed E-state index contributed by atoms with van der Waals surface area (Å²) in [6.07, 6.45) is -3.92. The average Bonchev–Trinajstić information content (AvgIpc) is 3.85. The Bertz CT molecular complexity index is 2210. The number of methoxy groups -OCH3 is 1. The van der Waals surface area contributed by atoms with Crippen molar-refractivity contribution in [1.29, 1.82) is 0 Å². The monoisotopic (exact) mass is 752 g/mol. The van der Waals surface area contributed by atoms with E-state index in [1.165, 1.54) is 55.3 Å². The average molecular weight is 753 g/mol. The van der Waals surface area contributed by atoms with Crippen molar-refractivity contribution in [2.75, 3.05) is 23.9 Å². The summed E-state index contributed by atoms with van der Waals surface area (Å²) in [7, 11) is 1.42. The molecule has 3 amide bonds. The predicted octanol–water partition coefficient (Wildman–Crippen LogP) is 6.07. The van der Waals surface area contributed by atoms with E-state index in [0.717, 1.165) is 38.8 Å². The number of aromatic amines is 1. The number of H-pyrrole nitrogens is 1. The Morgan fingerprint density at radius 1 is 1.02 bits per heavy atom. The van der Waals surface area contributed by atoms with E-state index in [-0.39, 0.29) is 74.2 Å². The molecule has 3 heterocycles. The normalized spacial score (nSPS) is 25.8. The lowest BCUT2D eigenvalue weighted by atomic mass is 9.68. The largest absolute Gasteiger partial charge is 0.493 e. The third-order valence-corrected chi connectivity index (χ3v) is 13.0. The van der Waals surface area contributed by atoms with E-state index in [1.54, 1.807) is 18.2 Å². The molecule has 6 unspecified atom stereocenters. The summed E-state index contributed by atoms with van der Waals surface area (Å²) in [5, 5.41) is 14.2. The predicted molar refractivity (Wildman–Crippen MR) is 183 cm³/mol. The minimum atomic E-state index is -4.57. The fourth-order valence-corrected chi connectivity index (χ4v) is 11.4. The number of non-ortho nitro benzene ring substituents is 1. The first-order valence-electron chi connectivity index (χ1n) is 16.1. The van der Waals surface area contributed by atoms with Gasteiger partial charge in [-0.15, -0.1) is 11.8 Å². The van der Waals surface area contributed by atoms with E-state index < -0.39 is 41.0 Å². The van der Waals surface area contributed by atoms with E-state index >= 15 is 0 Å². The number of nitrogens with zero attached hydrogens (tertiary/aromatic N) is 2. The molecule has 4 aromatic rings. The van der Waals surface area contributed by atoms with Crippen molar-refractivity contribution in [1.82, 2.24) is 4.98 Å². The molecule has 2 aliphatic heterocycles. The van der Waals surface area contributed by atoms with Crippen LogP contribution < -0.4 is 24.6 Å². The second-order valence-corrected chi connectivity index (χ2v) is 15.3. The first kappa shape index (κ1) is 34.0. The van der Waals surface area contributed by atoms with Crippen molar-refractivity contribution in [2.45, 2.75) is 28.8 Å². The van der Waals surface area contributed by atoms with Gasteiger partial charge in [-0.25, -0.2) is 0 Å². The van der Waals surface area contributed by atoms with Crippen molar-refractivity contribution in [2.24, 2.45) is 29.6 Å². The van der Waals surface area contributed by atoms with Crippen LogP contribution in [0.15, 0.2) is 76.6 Å². The number of carbonyl (C=O) groups excluding carboxylic acids is 3. The van der Waals surface area contributed by atoms with Crippen LogP contribution in [0.2, 0.25) is 0 Å². The smallest absolute Gasteiger partial charge is 0.416 e. The van der Waals surface area contributed by atoms with Crippen LogP contribution in [0.3, 0.4) is 0 Å². The van der Waals surface area contributed by atoms with Gasteiger partial charge in [0.1, 0.15) is 0 Å². The lowest BCUT2D eigenvalue weighted by molar-refractivity contribution is -0.384. The number of halogens is 3. The number of nitro groups is 1. The quantitative estimate of drug-likeness (QED) is 0.124. The first-order valence-corrected chi connectivity index (χ1v) is 17.8. The third kappa shape index (κ3) is 5.53. The Hall–Kier alpha value is -5.16. The van der Waals surface area contributed by atoms with Crippen LogP contribution in [0.5, 0.6) is 11.5 Å². The summed E-state index contributed by atoms with van der Waals surface area (Å²) >= 11 is 2.61. The van der Waals surface area contributed by atoms with Gasteiger partial charge in [0.15, 0.2) is 18.1 Å². The maximum atomic E-state index is 14.0. The van der Waals surface area contributed by atoms with Crippen LogP contribution >= 0.6 is 23.1 Å². The van der Waals surface area contributed by atoms with E-state index in [4.69, 9.17) is 9.47 Å². The third-order valence-electron chi connectivity index (χ3n) is 10.4. The number of alkyl halides is 3. The number of thiazole rings is 1. The van der Waals surface area contributed by atoms with Gasteiger partial charge in [-0.1, -0.05) is 23.5 Å². The molecule has 2 saturated carbocycles. The molecule has 7 atom stereocenters. The van der Waals surface area contributed by atoms with E-state index in [1.807, 2.05) is 0 Å². The van der Waals surface area contributed by atoms with Gasteiger partial charge in [-0.3, -0.25) is 34.2 Å². The second-order valence-electron chi connectivity index (χ2n) is 13.1. The Labute approximate surface area is 300 Å². The lowest BCUT2D eigenvalue weighted by Gasteiger charge is -2.43. The minimum Gasteiger partial charge on any atom is -0.493 e. The van der Waals surface area contributed by atoms with Gasteiger partial charge < -0.3 is 19.8 Å². The number of rotatable bonds is 8. The molecule has 2 N–H and O–H groups in total. The Balaban J connectivity index is 1.06. The SMILES string of the molecule is COc1cc([C@H]2c3sc(=O)[nH]c3SC3C4CC(C5C(=O)N(c6ccc([N+](=O)[O-])cc6)C(=O)C45)C32)ccc1OCC(=O)Nc1cccc(C(F)(F)F)c1. The minimum absolute atomic E-state index is 0.0387. The Kier molecular flexibility index (Phi) is 8.17. The van der Waals surface area contributed by atoms with Crippen LogP contribution in [-0.4, -0.2) is 46.6 Å². The molecule has 0 spiro atoms. The number of nitro benzene ring substituents is 1. The molecule has 4 aliphatic rings. The molecule has 17 heteroatoms. The lowest BCUT2D eigenvalue weighted by Crippen LogP contribution is -2.42. The zero-order valence-corrected chi connectivity index (χ0v) is 28.6. The molecule has 8 rings (SSSR count). The van der Waals surface area contributed by atoms with Gasteiger partial charge in [0, 0.05) is 33.9 Å². The number of amides is 3. The number of ether oxygens (including phenoxy) is 2. The zero-order chi connectivity index (χ0) is 36.6. The fourth-order valence-electron chi connectivity index (χ4n) is 8.48. The number of nitrogens with one attached hydrogen (secondary N) is 2. The Morgan fingerprint density at radius 2 is 1.75 bits per heavy atom. The molecular formula is C35H27F3N4O8S2. The number of thioether (sulfide) groups is 1. The van der Waals surface area contributed by atoms with Gasteiger partial charge in [-0.2, -0.15) is 13.2 Å². The zero-order valence-electron chi connectivity index (χ0n) is 26.9. The fraction of sp³-hybridized carbons (Fsp3) is 0.314. The summed E-state index contributed by atoms with van der Waals surface area (Å²) in [5.41, 5.74) is -0.0348. The molecule has 0 radical (unpaired) electrons. The van der Waals surface area contributed by atoms with Crippen LogP contribution in [0.4, 0.5) is 30.2 Å². The molecule has 3 fully saturated rings.